The Morgan fingerprint density at radius 3 is 3.05 bits per heavy atom. The zero-order valence-electron chi connectivity index (χ0n) is 10.8. The summed E-state index contributed by atoms with van der Waals surface area (Å²) in [6.45, 7) is 0.850. The Morgan fingerprint density at radius 2 is 2.32 bits per heavy atom. The van der Waals surface area contributed by atoms with Crippen molar-refractivity contribution in [2.45, 2.75) is 25.3 Å². The van der Waals surface area contributed by atoms with Crippen molar-refractivity contribution in [3.8, 4) is 11.5 Å². The summed E-state index contributed by atoms with van der Waals surface area (Å²) in [6.07, 6.45) is 4.94. The SMILES string of the molecule is Cn1ccc(-c2nnc(CCNC3CC3)o2)cc1=O. The van der Waals surface area contributed by atoms with E-state index in [0.29, 0.717) is 29.8 Å². The Bertz CT molecular complexity index is 628. The number of aryl methyl sites for hydroxylation is 1. The van der Waals surface area contributed by atoms with E-state index in [4.69, 9.17) is 4.42 Å². The summed E-state index contributed by atoms with van der Waals surface area (Å²) in [6, 6.07) is 3.97. The number of rotatable bonds is 5. The number of hydrogen-bond acceptors (Lipinski definition) is 5. The van der Waals surface area contributed by atoms with Gasteiger partial charge in [0, 0.05) is 43.9 Å². The van der Waals surface area contributed by atoms with Gasteiger partial charge in [-0.3, -0.25) is 4.79 Å². The molecule has 0 saturated heterocycles. The monoisotopic (exact) mass is 260 g/mol. The summed E-state index contributed by atoms with van der Waals surface area (Å²) in [4.78, 5) is 11.5. The van der Waals surface area contributed by atoms with Crippen LogP contribution in [0.5, 0.6) is 0 Å². The van der Waals surface area contributed by atoms with Crippen LogP contribution in [0.15, 0.2) is 27.5 Å². The smallest absolute Gasteiger partial charge is 0.251 e. The van der Waals surface area contributed by atoms with Crippen molar-refractivity contribution >= 4 is 0 Å². The van der Waals surface area contributed by atoms with Crippen LogP contribution in [0.3, 0.4) is 0 Å². The van der Waals surface area contributed by atoms with Gasteiger partial charge in [0.1, 0.15) is 0 Å². The summed E-state index contributed by atoms with van der Waals surface area (Å²) in [5.74, 6) is 1.00. The molecule has 0 radical (unpaired) electrons. The highest BCUT2D eigenvalue weighted by atomic mass is 16.4. The third-order valence-electron chi connectivity index (χ3n) is 3.17. The van der Waals surface area contributed by atoms with E-state index in [-0.39, 0.29) is 5.56 Å². The van der Waals surface area contributed by atoms with Crippen LogP contribution in [0.4, 0.5) is 0 Å². The molecule has 3 rings (SSSR count). The Kier molecular flexibility index (Phi) is 3.16. The van der Waals surface area contributed by atoms with Crippen molar-refractivity contribution in [1.29, 1.82) is 0 Å². The van der Waals surface area contributed by atoms with Crippen LogP contribution in [0.25, 0.3) is 11.5 Å². The molecule has 2 heterocycles. The minimum atomic E-state index is -0.0901. The third kappa shape index (κ3) is 2.90. The molecule has 0 unspecified atom stereocenters. The van der Waals surface area contributed by atoms with Gasteiger partial charge in [0.05, 0.1) is 0 Å². The molecule has 1 saturated carbocycles. The molecule has 1 aliphatic carbocycles. The van der Waals surface area contributed by atoms with Gasteiger partial charge in [-0.1, -0.05) is 0 Å². The quantitative estimate of drug-likeness (QED) is 0.858. The van der Waals surface area contributed by atoms with Crippen molar-refractivity contribution in [2.75, 3.05) is 6.54 Å². The molecule has 0 spiro atoms. The number of nitrogens with zero attached hydrogens (tertiary/aromatic N) is 3. The van der Waals surface area contributed by atoms with Crippen LogP contribution in [0, 0.1) is 0 Å². The molecule has 0 aliphatic heterocycles. The highest BCUT2D eigenvalue weighted by molar-refractivity contribution is 5.50. The van der Waals surface area contributed by atoms with Gasteiger partial charge < -0.3 is 14.3 Å². The maximum atomic E-state index is 11.5. The fourth-order valence-electron chi connectivity index (χ4n) is 1.82. The topological polar surface area (TPSA) is 73.0 Å². The summed E-state index contributed by atoms with van der Waals surface area (Å²) in [7, 11) is 1.70. The molecule has 6 heteroatoms. The molecule has 1 N–H and O–H groups in total. The van der Waals surface area contributed by atoms with E-state index in [1.165, 1.54) is 23.5 Å². The largest absolute Gasteiger partial charge is 0.421 e. The molecule has 1 fully saturated rings. The average Bonchev–Trinajstić information content (AvgIpc) is 3.10. The van der Waals surface area contributed by atoms with Gasteiger partial charge in [-0.05, 0) is 18.9 Å². The molecule has 0 atom stereocenters. The Balaban J connectivity index is 1.68. The lowest BCUT2D eigenvalue weighted by atomic mass is 10.3. The van der Waals surface area contributed by atoms with Crippen LogP contribution in [-0.4, -0.2) is 27.4 Å². The van der Waals surface area contributed by atoms with Crippen molar-refractivity contribution in [2.24, 2.45) is 7.05 Å². The van der Waals surface area contributed by atoms with Gasteiger partial charge in [-0.25, -0.2) is 0 Å². The van der Waals surface area contributed by atoms with Crippen molar-refractivity contribution in [3.63, 3.8) is 0 Å². The molecular weight excluding hydrogens is 244 g/mol. The standard InChI is InChI=1S/C13H16N4O2/c1-17-7-5-9(8-12(17)18)13-16-15-11(19-13)4-6-14-10-2-3-10/h5,7-8,10,14H,2-4,6H2,1H3. The van der Waals surface area contributed by atoms with Crippen molar-refractivity contribution in [1.82, 2.24) is 20.1 Å². The number of nitrogens with one attached hydrogen (secondary N) is 1. The zero-order chi connectivity index (χ0) is 13.2. The van der Waals surface area contributed by atoms with Crippen molar-refractivity contribution in [3.05, 3.63) is 34.6 Å². The van der Waals surface area contributed by atoms with E-state index in [0.717, 1.165) is 6.54 Å². The van der Waals surface area contributed by atoms with Gasteiger partial charge in [-0.15, -0.1) is 10.2 Å². The second kappa shape index (κ2) is 4.97. The maximum absolute atomic E-state index is 11.5. The van der Waals surface area contributed by atoms with Gasteiger partial charge in [0.2, 0.25) is 11.8 Å². The predicted molar refractivity (Wildman–Crippen MR) is 69.7 cm³/mol. The van der Waals surface area contributed by atoms with E-state index in [2.05, 4.69) is 15.5 Å². The second-order valence-corrected chi connectivity index (χ2v) is 4.84. The Labute approximate surface area is 110 Å². The van der Waals surface area contributed by atoms with Gasteiger partial charge in [-0.2, -0.15) is 0 Å². The molecule has 0 aromatic carbocycles. The first-order valence-corrected chi connectivity index (χ1v) is 6.45. The van der Waals surface area contributed by atoms with E-state index < -0.39 is 0 Å². The summed E-state index contributed by atoms with van der Waals surface area (Å²) in [5, 5.41) is 11.4. The Morgan fingerprint density at radius 1 is 1.47 bits per heavy atom. The predicted octanol–water partition coefficient (Wildman–Crippen LogP) is 0.730. The molecule has 6 nitrogen and oxygen atoms in total. The van der Waals surface area contributed by atoms with Crippen LogP contribution in [0.2, 0.25) is 0 Å². The van der Waals surface area contributed by atoms with Gasteiger partial charge >= 0.3 is 0 Å². The van der Waals surface area contributed by atoms with Crippen LogP contribution in [-0.2, 0) is 13.5 Å². The lowest BCUT2D eigenvalue weighted by Gasteiger charge is -1.98. The minimum Gasteiger partial charge on any atom is -0.421 e. The molecular formula is C13H16N4O2. The first-order chi connectivity index (χ1) is 9.22. The summed E-state index contributed by atoms with van der Waals surface area (Å²) >= 11 is 0. The van der Waals surface area contributed by atoms with E-state index in [9.17, 15) is 4.79 Å². The summed E-state index contributed by atoms with van der Waals surface area (Å²) < 4.78 is 7.06. The van der Waals surface area contributed by atoms with Crippen LogP contribution in [0.1, 0.15) is 18.7 Å². The zero-order valence-corrected chi connectivity index (χ0v) is 10.8. The third-order valence-corrected chi connectivity index (χ3v) is 3.17. The number of hydrogen-bond donors (Lipinski definition) is 1. The highest BCUT2D eigenvalue weighted by Gasteiger charge is 2.20. The lowest BCUT2D eigenvalue weighted by molar-refractivity contribution is 0.494. The van der Waals surface area contributed by atoms with Crippen LogP contribution < -0.4 is 10.9 Å². The lowest BCUT2D eigenvalue weighted by Crippen LogP contribution is -2.19. The van der Waals surface area contributed by atoms with Gasteiger partial charge in [0.15, 0.2) is 0 Å². The normalized spacial score (nSPS) is 14.8. The van der Waals surface area contributed by atoms with E-state index in [1.807, 2.05) is 0 Å². The second-order valence-electron chi connectivity index (χ2n) is 4.84. The molecule has 0 amide bonds. The molecule has 19 heavy (non-hydrogen) atoms. The molecule has 1 aliphatic rings. The number of aromatic nitrogens is 3. The first-order valence-electron chi connectivity index (χ1n) is 6.45. The number of pyridine rings is 1. The highest BCUT2D eigenvalue weighted by Crippen LogP contribution is 2.19. The Hall–Kier alpha value is -1.95. The van der Waals surface area contributed by atoms with E-state index in [1.54, 1.807) is 19.3 Å². The van der Waals surface area contributed by atoms with E-state index >= 15 is 0 Å². The van der Waals surface area contributed by atoms with Gasteiger partial charge in [0.25, 0.3) is 5.56 Å². The maximum Gasteiger partial charge on any atom is 0.251 e. The van der Waals surface area contributed by atoms with Crippen LogP contribution >= 0.6 is 0 Å². The first kappa shape index (κ1) is 12.1. The molecule has 0 bridgehead atoms. The molecule has 100 valence electrons. The van der Waals surface area contributed by atoms with Crippen molar-refractivity contribution < 1.29 is 4.42 Å². The molecule has 2 aromatic rings. The fourth-order valence-corrected chi connectivity index (χ4v) is 1.82. The fraction of sp³-hybridized carbons (Fsp3) is 0.462. The summed E-state index contributed by atoms with van der Waals surface area (Å²) in [5.41, 5.74) is 0.574. The average molecular weight is 260 g/mol. The molecule has 2 aromatic heterocycles. The minimum absolute atomic E-state index is 0.0901.